The number of carbonyl (C=O) groups excluding carboxylic acids is 2. The number of Topliss-reactive ketones (excluding diaryl/α,β-unsaturated/α-hetero) is 1. The Balaban J connectivity index is 1.64. The summed E-state index contributed by atoms with van der Waals surface area (Å²) in [6.07, 6.45) is 1.12. The van der Waals surface area contributed by atoms with Crippen molar-refractivity contribution < 1.29 is 14.3 Å². The molecule has 35 heavy (non-hydrogen) atoms. The highest BCUT2D eigenvalue weighted by Crippen LogP contribution is 2.48. The maximum atomic E-state index is 13.7. The summed E-state index contributed by atoms with van der Waals surface area (Å²) in [4.78, 5) is 29.1. The van der Waals surface area contributed by atoms with Gasteiger partial charge in [0, 0.05) is 35.7 Å². The molecule has 2 atom stereocenters. The van der Waals surface area contributed by atoms with Crippen LogP contribution in [0.3, 0.4) is 0 Å². The molecule has 0 spiro atoms. The zero-order chi connectivity index (χ0) is 24.5. The van der Waals surface area contributed by atoms with Gasteiger partial charge in [-0.3, -0.25) is 14.5 Å². The summed E-state index contributed by atoms with van der Waals surface area (Å²) >= 11 is 12.9. The van der Waals surface area contributed by atoms with Gasteiger partial charge in [-0.1, -0.05) is 65.7 Å². The summed E-state index contributed by atoms with van der Waals surface area (Å²) in [6.45, 7) is 2.49. The van der Waals surface area contributed by atoms with Crippen LogP contribution in [0.1, 0.15) is 49.1 Å². The summed E-state index contributed by atoms with van der Waals surface area (Å²) in [6, 6.07) is 22.8. The molecule has 0 saturated carbocycles. The Kier molecular flexibility index (Phi) is 6.68. The smallest absolute Gasteiger partial charge is 0.232 e. The normalized spacial score (nSPS) is 20.1. The van der Waals surface area contributed by atoms with Gasteiger partial charge < -0.3 is 4.74 Å². The Bertz CT molecular complexity index is 1300. The molecule has 1 aliphatic heterocycles. The van der Waals surface area contributed by atoms with Crippen LogP contribution < -0.4 is 9.64 Å². The van der Waals surface area contributed by atoms with E-state index in [-0.39, 0.29) is 24.0 Å². The number of halogens is 2. The fourth-order valence-electron chi connectivity index (χ4n) is 5.21. The number of benzene rings is 3. The first-order valence-corrected chi connectivity index (χ1v) is 12.5. The average Bonchev–Trinajstić information content (AvgIpc) is 2.86. The molecule has 0 fully saturated rings. The van der Waals surface area contributed by atoms with Gasteiger partial charge in [0.15, 0.2) is 5.78 Å². The Morgan fingerprint density at radius 1 is 0.886 bits per heavy atom. The highest BCUT2D eigenvalue weighted by Gasteiger charge is 2.43. The Morgan fingerprint density at radius 2 is 1.63 bits per heavy atom. The van der Waals surface area contributed by atoms with E-state index in [0.717, 1.165) is 28.3 Å². The van der Waals surface area contributed by atoms with Crippen molar-refractivity contribution in [2.24, 2.45) is 0 Å². The molecule has 3 aromatic carbocycles. The predicted octanol–water partition coefficient (Wildman–Crippen LogP) is 7.31. The Hall–Kier alpha value is -3.08. The van der Waals surface area contributed by atoms with E-state index >= 15 is 0 Å². The van der Waals surface area contributed by atoms with Gasteiger partial charge in [-0.25, -0.2) is 0 Å². The number of hydrogen-bond donors (Lipinski definition) is 0. The fraction of sp³-hybridized carbons (Fsp3) is 0.241. The molecule has 0 bridgehead atoms. The lowest BCUT2D eigenvalue weighted by Gasteiger charge is -2.40. The third-order valence-electron chi connectivity index (χ3n) is 6.76. The molecular formula is C29H25Cl2NO3. The second kappa shape index (κ2) is 9.88. The van der Waals surface area contributed by atoms with E-state index in [4.69, 9.17) is 27.9 Å². The molecule has 0 saturated heterocycles. The van der Waals surface area contributed by atoms with Crippen molar-refractivity contribution in [2.75, 3.05) is 11.5 Å². The first-order chi connectivity index (χ1) is 17.0. The minimum absolute atomic E-state index is 0.00553. The molecule has 0 radical (unpaired) electrons. The van der Waals surface area contributed by atoms with Crippen molar-refractivity contribution in [3.63, 3.8) is 0 Å². The number of amides is 1. The third-order valence-corrected chi connectivity index (χ3v) is 7.60. The van der Waals surface area contributed by atoms with Gasteiger partial charge in [0.2, 0.25) is 5.91 Å². The number of carbonyl (C=O) groups is 2. The highest BCUT2D eigenvalue weighted by atomic mass is 35.5. The molecule has 2 aliphatic rings. The van der Waals surface area contributed by atoms with Gasteiger partial charge in [-0.2, -0.15) is 0 Å². The van der Waals surface area contributed by atoms with Crippen LogP contribution in [0.2, 0.25) is 10.0 Å². The number of hydrogen-bond acceptors (Lipinski definition) is 3. The molecule has 0 N–H and O–H groups in total. The molecule has 4 nitrogen and oxygen atoms in total. The minimum atomic E-state index is -0.424. The maximum absolute atomic E-state index is 13.7. The van der Waals surface area contributed by atoms with Crippen molar-refractivity contribution in [2.45, 2.75) is 38.0 Å². The van der Waals surface area contributed by atoms with Crippen LogP contribution in [-0.4, -0.2) is 18.3 Å². The van der Waals surface area contributed by atoms with E-state index in [0.29, 0.717) is 35.1 Å². The summed E-state index contributed by atoms with van der Waals surface area (Å²) < 4.78 is 5.58. The van der Waals surface area contributed by atoms with E-state index in [2.05, 4.69) is 0 Å². The lowest BCUT2D eigenvalue weighted by atomic mass is 9.72. The average molecular weight is 506 g/mol. The largest absolute Gasteiger partial charge is 0.494 e. The lowest BCUT2D eigenvalue weighted by Crippen LogP contribution is -2.41. The number of nitrogens with zero attached hydrogens (tertiary/aromatic N) is 1. The van der Waals surface area contributed by atoms with Crippen molar-refractivity contribution in [1.29, 1.82) is 0 Å². The van der Waals surface area contributed by atoms with Gasteiger partial charge in [0.05, 0.1) is 16.7 Å². The lowest BCUT2D eigenvalue weighted by molar-refractivity contribution is -0.120. The molecule has 3 aromatic rings. The number of ketones is 1. The monoisotopic (exact) mass is 505 g/mol. The summed E-state index contributed by atoms with van der Waals surface area (Å²) in [5, 5.41) is 0.810. The highest BCUT2D eigenvalue weighted by molar-refractivity contribution is 6.42. The van der Waals surface area contributed by atoms with Crippen molar-refractivity contribution in [1.82, 2.24) is 0 Å². The molecule has 2 unspecified atom stereocenters. The topological polar surface area (TPSA) is 46.6 Å². The van der Waals surface area contributed by atoms with Crippen molar-refractivity contribution in [3.8, 4) is 5.75 Å². The molecule has 178 valence electrons. The first-order valence-electron chi connectivity index (χ1n) is 11.8. The first kappa shape index (κ1) is 23.7. The number of ether oxygens (including phenoxy) is 1. The predicted molar refractivity (Wildman–Crippen MR) is 139 cm³/mol. The quantitative estimate of drug-likeness (QED) is 0.365. The zero-order valence-corrected chi connectivity index (χ0v) is 20.9. The van der Waals surface area contributed by atoms with Crippen LogP contribution in [-0.2, 0) is 9.59 Å². The van der Waals surface area contributed by atoms with Crippen molar-refractivity contribution >= 4 is 40.6 Å². The Labute approximate surface area is 215 Å². The summed E-state index contributed by atoms with van der Waals surface area (Å²) in [5.41, 5.74) is 3.95. The van der Waals surface area contributed by atoms with Crippen LogP contribution in [0.15, 0.2) is 84.1 Å². The zero-order valence-electron chi connectivity index (χ0n) is 19.3. The van der Waals surface area contributed by atoms with Gasteiger partial charge in [0.1, 0.15) is 5.75 Å². The second-order valence-electron chi connectivity index (χ2n) is 8.86. The maximum Gasteiger partial charge on any atom is 0.232 e. The van der Waals surface area contributed by atoms with Gasteiger partial charge >= 0.3 is 0 Å². The number of rotatable bonds is 5. The molecule has 5 rings (SSSR count). The minimum Gasteiger partial charge on any atom is -0.494 e. The summed E-state index contributed by atoms with van der Waals surface area (Å²) in [5.74, 6) is 0.279. The van der Waals surface area contributed by atoms with Crippen LogP contribution >= 0.6 is 23.2 Å². The van der Waals surface area contributed by atoms with Crippen LogP contribution in [0.4, 0.5) is 5.69 Å². The second-order valence-corrected chi connectivity index (χ2v) is 9.64. The molecule has 1 aliphatic carbocycles. The molecule has 0 aromatic heterocycles. The molecule has 1 heterocycles. The fourth-order valence-corrected chi connectivity index (χ4v) is 5.65. The van der Waals surface area contributed by atoms with Crippen LogP contribution in [0, 0.1) is 0 Å². The van der Waals surface area contributed by atoms with Gasteiger partial charge in [0.25, 0.3) is 0 Å². The van der Waals surface area contributed by atoms with E-state index < -0.39 is 5.92 Å². The van der Waals surface area contributed by atoms with Crippen LogP contribution in [0.5, 0.6) is 5.75 Å². The molecule has 6 heteroatoms. The van der Waals surface area contributed by atoms with Gasteiger partial charge in [-0.05, 0) is 60.7 Å². The third kappa shape index (κ3) is 4.49. The molecular weight excluding hydrogens is 481 g/mol. The number of allylic oxidation sites excluding steroid dienone is 2. The van der Waals surface area contributed by atoms with E-state index in [9.17, 15) is 9.59 Å². The number of anilines is 1. The standard InChI is InChI=1S/C29H25Cl2NO3/c1-2-35-21-13-11-20(12-14-21)32-25-15-19(18-7-4-3-5-8-18)16-26(33)28(25)23(17-27(32)34)22-9-6-10-24(30)29(22)31/h3-14,19,23H,2,15-17H2,1H3. The van der Waals surface area contributed by atoms with Crippen molar-refractivity contribution in [3.05, 3.63) is 105 Å². The van der Waals surface area contributed by atoms with E-state index in [1.54, 1.807) is 11.0 Å². The summed E-state index contributed by atoms with van der Waals surface area (Å²) in [7, 11) is 0. The SMILES string of the molecule is CCOc1ccc(N2C(=O)CC(c3cccc(Cl)c3Cl)C3=C2CC(c2ccccc2)CC3=O)cc1. The van der Waals surface area contributed by atoms with Gasteiger partial charge in [-0.15, -0.1) is 0 Å². The van der Waals surface area contributed by atoms with E-state index in [1.807, 2.05) is 73.7 Å². The molecule has 1 amide bonds. The Morgan fingerprint density at radius 3 is 2.34 bits per heavy atom. The van der Waals surface area contributed by atoms with E-state index in [1.165, 1.54) is 0 Å². The van der Waals surface area contributed by atoms with Crippen LogP contribution in [0.25, 0.3) is 0 Å².